The Morgan fingerprint density at radius 1 is 1.67 bits per heavy atom. The summed E-state index contributed by atoms with van der Waals surface area (Å²) in [5, 5.41) is 0. The molecule has 0 aromatic carbocycles. The molecule has 0 unspecified atom stereocenters. The molecule has 0 radical (unpaired) electrons. The minimum absolute atomic E-state index is 0.459. The van der Waals surface area contributed by atoms with E-state index >= 15 is 0 Å². The Hall–Kier alpha value is -0.480. The topological polar surface area (TPSA) is 51.8 Å². The van der Waals surface area contributed by atoms with Gasteiger partial charge in [-0.2, -0.15) is 0 Å². The van der Waals surface area contributed by atoms with Crippen molar-refractivity contribution in [1.82, 2.24) is 9.97 Å². The van der Waals surface area contributed by atoms with E-state index in [1.54, 1.807) is 12.3 Å². The number of hydrogen-bond donors (Lipinski definition) is 1. The number of aromatic nitrogens is 2. The van der Waals surface area contributed by atoms with E-state index in [1.807, 2.05) is 0 Å². The SMILES string of the molecule is NCc1ccnc(Br)n1. The van der Waals surface area contributed by atoms with Crippen LogP contribution >= 0.6 is 15.9 Å². The van der Waals surface area contributed by atoms with Crippen LogP contribution in [0.1, 0.15) is 5.69 Å². The van der Waals surface area contributed by atoms with Gasteiger partial charge in [0.15, 0.2) is 4.73 Å². The van der Waals surface area contributed by atoms with Gasteiger partial charge in [0, 0.05) is 12.7 Å². The molecule has 2 N–H and O–H groups in total. The van der Waals surface area contributed by atoms with Crippen molar-refractivity contribution in [2.45, 2.75) is 6.54 Å². The summed E-state index contributed by atoms with van der Waals surface area (Å²) >= 11 is 3.13. The van der Waals surface area contributed by atoms with Crippen molar-refractivity contribution in [3.63, 3.8) is 0 Å². The maximum absolute atomic E-state index is 5.31. The molecule has 48 valence electrons. The van der Waals surface area contributed by atoms with Gasteiger partial charge in [-0.25, -0.2) is 9.97 Å². The van der Waals surface area contributed by atoms with Crippen molar-refractivity contribution >= 4 is 15.9 Å². The molecule has 4 heteroatoms. The molecular formula is C5H6BrN3. The average molecular weight is 188 g/mol. The molecule has 0 aliphatic carbocycles. The van der Waals surface area contributed by atoms with Crippen LogP contribution in [0, 0.1) is 0 Å². The van der Waals surface area contributed by atoms with Crippen LogP contribution in [0.5, 0.6) is 0 Å². The maximum Gasteiger partial charge on any atom is 0.196 e. The fourth-order valence-electron chi connectivity index (χ4n) is 0.483. The molecule has 9 heavy (non-hydrogen) atoms. The predicted octanol–water partition coefficient (Wildman–Crippen LogP) is 0.698. The lowest BCUT2D eigenvalue weighted by Crippen LogP contribution is -1.99. The lowest BCUT2D eigenvalue weighted by molar-refractivity contribution is 0.944. The highest BCUT2D eigenvalue weighted by Crippen LogP contribution is 2.00. The van der Waals surface area contributed by atoms with Crippen LogP contribution in [0.15, 0.2) is 17.0 Å². The average Bonchev–Trinajstić information content (AvgIpc) is 1.88. The fourth-order valence-corrected chi connectivity index (χ4v) is 0.829. The van der Waals surface area contributed by atoms with Crippen LogP contribution in [0.2, 0.25) is 0 Å². The van der Waals surface area contributed by atoms with Crippen molar-refractivity contribution in [3.05, 3.63) is 22.7 Å². The summed E-state index contributed by atoms with van der Waals surface area (Å²) in [5.74, 6) is 0. The van der Waals surface area contributed by atoms with E-state index in [0.717, 1.165) is 5.69 Å². The molecule has 1 aromatic rings. The van der Waals surface area contributed by atoms with Gasteiger partial charge in [-0.05, 0) is 22.0 Å². The largest absolute Gasteiger partial charge is 0.325 e. The second-order valence-corrected chi connectivity index (χ2v) is 2.23. The number of halogens is 1. The molecule has 1 aromatic heterocycles. The van der Waals surface area contributed by atoms with Crippen molar-refractivity contribution in [3.8, 4) is 0 Å². The Morgan fingerprint density at radius 2 is 2.44 bits per heavy atom. The van der Waals surface area contributed by atoms with Gasteiger partial charge in [-0.15, -0.1) is 0 Å². The zero-order valence-electron chi connectivity index (χ0n) is 4.71. The quantitative estimate of drug-likeness (QED) is 0.660. The van der Waals surface area contributed by atoms with Crippen LogP contribution in [0.3, 0.4) is 0 Å². The Labute approximate surface area is 61.4 Å². The van der Waals surface area contributed by atoms with Gasteiger partial charge in [0.1, 0.15) is 0 Å². The van der Waals surface area contributed by atoms with Crippen molar-refractivity contribution in [1.29, 1.82) is 0 Å². The summed E-state index contributed by atoms with van der Waals surface area (Å²) in [6, 6.07) is 1.78. The molecule has 0 aliphatic rings. The van der Waals surface area contributed by atoms with Crippen LogP contribution < -0.4 is 5.73 Å². The van der Waals surface area contributed by atoms with Crippen molar-refractivity contribution < 1.29 is 0 Å². The third kappa shape index (κ3) is 1.73. The molecule has 3 nitrogen and oxygen atoms in total. The molecule has 0 fully saturated rings. The predicted molar refractivity (Wildman–Crippen MR) is 37.6 cm³/mol. The minimum Gasteiger partial charge on any atom is -0.325 e. The Bertz CT molecular complexity index is 201. The maximum atomic E-state index is 5.31. The molecule has 0 atom stereocenters. The first-order chi connectivity index (χ1) is 4.33. The van der Waals surface area contributed by atoms with Gasteiger partial charge in [0.2, 0.25) is 0 Å². The highest BCUT2D eigenvalue weighted by molar-refractivity contribution is 9.10. The molecule has 0 amide bonds. The molecular weight excluding hydrogens is 182 g/mol. The Balaban J connectivity index is 2.94. The second kappa shape index (κ2) is 2.89. The van der Waals surface area contributed by atoms with E-state index in [9.17, 15) is 0 Å². The van der Waals surface area contributed by atoms with Crippen LogP contribution in [-0.4, -0.2) is 9.97 Å². The van der Waals surface area contributed by atoms with Crippen LogP contribution in [0.25, 0.3) is 0 Å². The monoisotopic (exact) mass is 187 g/mol. The van der Waals surface area contributed by atoms with Gasteiger partial charge >= 0.3 is 0 Å². The van der Waals surface area contributed by atoms with Crippen molar-refractivity contribution in [2.75, 3.05) is 0 Å². The van der Waals surface area contributed by atoms with Gasteiger partial charge in [-0.3, -0.25) is 0 Å². The van der Waals surface area contributed by atoms with Gasteiger partial charge in [0.05, 0.1) is 5.69 Å². The van der Waals surface area contributed by atoms with Crippen LogP contribution in [0.4, 0.5) is 0 Å². The number of rotatable bonds is 1. The fraction of sp³-hybridized carbons (Fsp3) is 0.200. The lowest BCUT2D eigenvalue weighted by Gasteiger charge is -1.92. The van der Waals surface area contributed by atoms with Crippen molar-refractivity contribution in [2.24, 2.45) is 5.73 Å². The molecule has 0 bridgehead atoms. The van der Waals surface area contributed by atoms with Gasteiger partial charge in [0.25, 0.3) is 0 Å². The number of nitrogens with two attached hydrogens (primary N) is 1. The van der Waals surface area contributed by atoms with Gasteiger partial charge in [-0.1, -0.05) is 0 Å². The molecule has 0 aliphatic heterocycles. The Kier molecular flexibility index (Phi) is 2.13. The van der Waals surface area contributed by atoms with E-state index < -0.39 is 0 Å². The smallest absolute Gasteiger partial charge is 0.196 e. The summed E-state index contributed by atoms with van der Waals surface area (Å²) < 4.78 is 0.588. The third-order valence-corrected chi connectivity index (χ3v) is 1.28. The first-order valence-electron chi connectivity index (χ1n) is 2.50. The second-order valence-electron chi connectivity index (χ2n) is 1.52. The lowest BCUT2D eigenvalue weighted by atomic mass is 10.4. The zero-order chi connectivity index (χ0) is 6.69. The first kappa shape index (κ1) is 6.64. The summed E-state index contributed by atoms with van der Waals surface area (Å²) in [6.45, 7) is 0.459. The molecule has 0 saturated heterocycles. The summed E-state index contributed by atoms with van der Waals surface area (Å²) in [4.78, 5) is 7.81. The first-order valence-corrected chi connectivity index (χ1v) is 3.29. The standard InChI is InChI=1S/C5H6BrN3/c6-5-8-2-1-4(3-7)9-5/h1-2H,3,7H2. The minimum atomic E-state index is 0.459. The van der Waals surface area contributed by atoms with E-state index in [-0.39, 0.29) is 0 Å². The highest BCUT2D eigenvalue weighted by atomic mass is 79.9. The van der Waals surface area contributed by atoms with E-state index in [2.05, 4.69) is 25.9 Å². The normalized spacial score (nSPS) is 9.56. The number of nitrogens with zero attached hydrogens (tertiary/aromatic N) is 2. The molecule has 1 heterocycles. The third-order valence-electron chi connectivity index (χ3n) is 0.893. The summed E-state index contributed by atoms with van der Waals surface area (Å²) in [7, 11) is 0. The van der Waals surface area contributed by atoms with E-state index in [0.29, 0.717) is 11.3 Å². The highest BCUT2D eigenvalue weighted by Gasteiger charge is 1.90. The van der Waals surface area contributed by atoms with Gasteiger partial charge < -0.3 is 5.73 Å². The number of hydrogen-bond acceptors (Lipinski definition) is 3. The van der Waals surface area contributed by atoms with E-state index in [4.69, 9.17) is 5.73 Å². The molecule has 0 saturated carbocycles. The summed E-state index contributed by atoms with van der Waals surface area (Å²) in [5.41, 5.74) is 6.15. The van der Waals surface area contributed by atoms with Crippen LogP contribution in [-0.2, 0) is 6.54 Å². The zero-order valence-corrected chi connectivity index (χ0v) is 6.30. The molecule has 1 rings (SSSR count). The molecule has 0 spiro atoms. The summed E-state index contributed by atoms with van der Waals surface area (Å²) in [6.07, 6.45) is 1.67. The Morgan fingerprint density at radius 3 is 2.89 bits per heavy atom. The van der Waals surface area contributed by atoms with E-state index in [1.165, 1.54) is 0 Å².